The Labute approximate surface area is 185 Å². The number of esters is 2. The largest absolute Gasteiger partial charge is 0.425 e. The van der Waals surface area contributed by atoms with E-state index < -0.39 is 23.5 Å². The molecule has 2 aromatic rings. The number of rotatable bonds is 6. The van der Waals surface area contributed by atoms with Crippen molar-refractivity contribution in [2.75, 3.05) is 0 Å². The quantitative estimate of drug-likeness (QED) is 0.607. The van der Waals surface area contributed by atoms with Crippen molar-refractivity contribution >= 4 is 35.0 Å². The van der Waals surface area contributed by atoms with Crippen molar-refractivity contribution in [1.82, 2.24) is 0 Å². The lowest BCUT2D eigenvalue weighted by atomic mass is 9.76. The van der Waals surface area contributed by atoms with Gasteiger partial charge in [0.05, 0.1) is 11.1 Å². The predicted octanol–water partition coefficient (Wildman–Crippen LogP) is 4.89. The summed E-state index contributed by atoms with van der Waals surface area (Å²) in [5.41, 5.74) is 1.20. The van der Waals surface area contributed by atoms with Crippen LogP contribution >= 0.6 is 0 Å². The maximum Gasteiger partial charge on any atom is 0.311 e. The molecule has 0 saturated heterocycles. The lowest BCUT2D eigenvalue weighted by Gasteiger charge is -2.29. The summed E-state index contributed by atoms with van der Waals surface area (Å²) in [4.78, 5) is 51.9. The van der Waals surface area contributed by atoms with Crippen molar-refractivity contribution in [2.45, 2.75) is 39.5 Å². The Balaban J connectivity index is 2.03. The molecule has 0 spiro atoms. The van der Waals surface area contributed by atoms with Gasteiger partial charge in [0.25, 0.3) is 0 Å². The van der Waals surface area contributed by atoms with Gasteiger partial charge in [-0.2, -0.15) is 0 Å². The number of ether oxygens (including phenoxy) is 2. The molecule has 6 nitrogen and oxygen atoms in total. The van der Waals surface area contributed by atoms with Crippen molar-refractivity contribution in [3.63, 3.8) is 0 Å². The second kappa shape index (κ2) is 8.75. The first-order valence-corrected chi connectivity index (χ1v) is 10.7. The Hall–Kier alpha value is -3.80. The summed E-state index contributed by atoms with van der Waals surface area (Å²) in [5.74, 6) is -1.86. The molecular formula is C26H22O6. The molecule has 0 amide bonds. The predicted molar refractivity (Wildman–Crippen MR) is 117 cm³/mol. The summed E-state index contributed by atoms with van der Waals surface area (Å²) in [7, 11) is 0. The highest BCUT2D eigenvalue weighted by Gasteiger charge is 2.43. The molecule has 4 rings (SSSR count). The van der Waals surface area contributed by atoms with Crippen LogP contribution in [0.5, 0.6) is 0 Å². The summed E-state index contributed by atoms with van der Waals surface area (Å²) < 4.78 is 11.3. The molecule has 2 aliphatic carbocycles. The number of hydrogen-bond acceptors (Lipinski definition) is 6. The molecule has 6 heteroatoms. The van der Waals surface area contributed by atoms with Gasteiger partial charge in [-0.1, -0.05) is 62.4 Å². The van der Waals surface area contributed by atoms with Gasteiger partial charge in [0, 0.05) is 35.1 Å². The fraction of sp³-hybridized carbons (Fsp3) is 0.231. The van der Waals surface area contributed by atoms with Crippen LogP contribution < -0.4 is 0 Å². The van der Waals surface area contributed by atoms with Gasteiger partial charge >= 0.3 is 11.9 Å². The number of hydrogen-bond donors (Lipinski definition) is 0. The summed E-state index contributed by atoms with van der Waals surface area (Å²) in [6.07, 6.45) is 1.47. The summed E-state index contributed by atoms with van der Waals surface area (Å²) in [6, 6.07) is 13.3. The molecule has 0 aromatic heterocycles. The zero-order chi connectivity index (χ0) is 22.8. The van der Waals surface area contributed by atoms with Gasteiger partial charge < -0.3 is 9.47 Å². The highest BCUT2D eigenvalue weighted by atomic mass is 16.5. The summed E-state index contributed by atoms with van der Waals surface area (Å²) in [5, 5.41) is 0. The molecule has 0 radical (unpaired) electrons. The van der Waals surface area contributed by atoms with Crippen molar-refractivity contribution in [3.8, 4) is 0 Å². The highest BCUT2D eigenvalue weighted by Crippen LogP contribution is 2.44. The van der Waals surface area contributed by atoms with Gasteiger partial charge in [-0.25, -0.2) is 0 Å². The van der Waals surface area contributed by atoms with E-state index in [0.717, 1.165) is 0 Å². The van der Waals surface area contributed by atoms with Gasteiger partial charge in [-0.15, -0.1) is 0 Å². The lowest BCUT2D eigenvalue weighted by Crippen LogP contribution is -2.28. The molecule has 0 saturated carbocycles. The number of Topliss-reactive ketones (excluding diaryl/α,β-unsaturated/α-hetero) is 2. The van der Waals surface area contributed by atoms with Crippen LogP contribution in [0.2, 0.25) is 0 Å². The summed E-state index contributed by atoms with van der Waals surface area (Å²) in [6.45, 7) is 3.69. The van der Waals surface area contributed by atoms with Crippen molar-refractivity contribution in [3.05, 3.63) is 81.9 Å². The van der Waals surface area contributed by atoms with Crippen LogP contribution in [0, 0.1) is 0 Å². The number of allylic oxidation sites excluding steroid dienone is 2. The Kier molecular flexibility index (Phi) is 5.86. The molecule has 0 unspecified atom stereocenters. The van der Waals surface area contributed by atoms with Crippen LogP contribution in [0.4, 0.5) is 0 Å². The maximum absolute atomic E-state index is 13.5. The maximum atomic E-state index is 13.5. The molecule has 0 atom stereocenters. The van der Waals surface area contributed by atoms with E-state index in [4.69, 9.17) is 9.47 Å². The number of benzene rings is 2. The number of fused-ring (bicyclic) bond motifs is 3. The SMILES string of the molecule is CCCC(=O)OC1=C2C(=O)c3ccccc3C(OC(=O)CCC)=C2C(=O)c2ccccc21. The van der Waals surface area contributed by atoms with Crippen LogP contribution in [0.3, 0.4) is 0 Å². The smallest absolute Gasteiger partial charge is 0.311 e. The zero-order valence-corrected chi connectivity index (χ0v) is 17.9. The molecule has 2 aromatic carbocycles. The number of carbonyl (C=O) groups is 4. The van der Waals surface area contributed by atoms with Gasteiger partial charge in [0.2, 0.25) is 0 Å². The van der Waals surface area contributed by atoms with Gasteiger partial charge in [-0.05, 0) is 12.8 Å². The van der Waals surface area contributed by atoms with E-state index >= 15 is 0 Å². The molecule has 162 valence electrons. The van der Waals surface area contributed by atoms with E-state index in [2.05, 4.69) is 0 Å². The molecule has 0 aliphatic heterocycles. The monoisotopic (exact) mass is 430 g/mol. The Morgan fingerprint density at radius 3 is 1.31 bits per heavy atom. The van der Waals surface area contributed by atoms with Crippen LogP contribution in [0.25, 0.3) is 11.5 Å². The normalized spacial score (nSPS) is 14.6. The van der Waals surface area contributed by atoms with Crippen LogP contribution in [-0.2, 0) is 19.1 Å². The topological polar surface area (TPSA) is 86.7 Å². The number of ketones is 2. The Morgan fingerprint density at radius 2 is 0.969 bits per heavy atom. The van der Waals surface area contributed by atoms with E-state index in [1.807, 2.05) is 13.8 Å². The van der Waals surface area contributed by atoms with E-state index in [-0.39, 0.29) is 46.6 Å². The molecule has 0 bridgehead atoms. The van der Waals surface area contributed by atoms with Gasteiger partial charge in [0.15, 0.2) is 23.1 Å². The molecule has 0 N–H and O–H groups in total. The Bertz CT molecular complexity index is 1120. The molecule has 0 fully saturated rings. The summed E-state index contributed by atoms with van der Waals surface area (Å²) >= 11 is 0. The standard InChI is InChI=1S/C26H22O6/c1-3-9-19(27)31-25-17-13-7-5-11-15(17)24(30)22-21(25)23(29)16-12-6-8-14-18(16)26(22)32-20(28)10-4-2/h5-8,11-14H,3-4,9-10H2,1-2H3. The van der Waals surface area contributed by atoms with E-state index in [1.54, 1.807) is 48.5 Å². The first kappa shape index (κ1) is 21.4. The van der Waals surface area contributed by atoms with Crippen LogP contribution in [0.15, 0.2) is 59.7 Å². The minimum Gasteiger partial charge on any atom is -0.425 e. The third kappa shape index (κ3) is 3.58. The fourth-order valence-corrected chi connectivity index (χ4v) is 3.91. The van der Waals surface area contributed by atoms with Crippen molar-refractivity contribution in [1.29, 1.82) is 0 Å². The second-order valence-corrected chi connectivity index (χ2v) is 7.61. The average molecular weight is 430 g/mol. The first-order valence-electron chi connectivity index (χ1n) is 10.7. The third-order valence-corrected chi connectivity index (χ3v) is 5.33. The van der Waals surface area contributed by atoms with Gasteiger partial charge in [-0.3, -0.25) is 19.2 Å². The van der Waals surface area contributed by atoms with Crippen molar-refractivity contribution in [2.24, 2.45) is 0 Å². The minimum absolute atomic E-state index is 0.0252. The third-order valence-electron chi connectivity index (χ3n) is 5.33. The van der Waals surface area contributed by atoms with E-state index in [1.165, 1.54) is 0 Å². The molecule has 0 heterocycles. The Morgan fingerprint density at radius 1 is 0.625 bits per heavy atom. The zero-order valence-electron chi connectivity index (χ0n) is 17.9. The molecule has 32 heavy (non-hydrogen) atoms. The molecular weight excluding hydrogens is 408 g/mol. The second-order valence-electron chi connectivity index (χ2n) is 7.61. The van der Waals surface area contributed by atoms with Crippen LogP contribution in [0.1, 0.15) is 71.4 Å². The first-order chi connectivity index (χ1) is 15.5. The van der Waals surface area contributed by atoms with Crippen molar-refractivity contribution < 1.29 is 28.7 Å². The number of carbonyl (C=O) groups excluding carboxylic acids is 4. The fourth-order valence-electron chi connectivity index (χ4n) is 3.91. The lowest BCUT2D eigenvalue weighted by molar-refractivity contribution is -0.137. The average Bonchev–Trinajstić information content (AvgIpc) is 2.79. The van der Waals surface area contributed by atoms with Crippen LogP contribution in [-0.4, -0.2) is 23.5 Å². The minimum atomic E-state index is -0.505. The highest BCUT2D eigenvalue weighted by molar-refractivity contribution is 6.34. The van der Waals surface area contributed by atoms with E-state index in [0.29, 0.717) is 24.0 Å². The molecule has 2 aliphatic rings. The van der Waals surface area contributed by atoms with Gasteiger partial charge in [0.1, 0.15) is 0 Å². The van der Waals surface area contributed by atoms with E-state index in [9.17, 15) is 19.2 Å².